The van der Waals surface area contributed by atoms with Crippen molar-refractivity contribution in [1.82, 2.24) is 0 Å². The SMILES string of the molecule is Cc1ccc(C(=O)Nc2ccc3c(c2)CCC(=O)N3Cc2ccccc2)cc1[N+](=O)[O-]. The van der Waals surface area contributed by atoms with Gasteiger partial charge < -0.3 is 10.2 Å². The van der Waals surface area contributed by atoms with Crippen molar-refractivity contribution < 1.29 is 14.5 Å². The van der Waals surface area contributed by atoms with Crippen LogP contribution in [0.15, 0.2) is 66.7 Å². The third-order valence-corrected chi connectivity index (χ3v) is 5.39. The van der Waals surface area contributed by atoms with E-state index in [0.29, 0.717) is 30.6 Å². The topological polar surface area (TPSA) is 92.6 Å². The molecule has 0 bridgehead atoms. The van der Waals surface area contributed by atoms with Crippen molar-refractivity contribution >= 4 is 28.9 Å². The van der Waals surface area contributed by atoms with Gasteiger partial charge in [0.25, 0.3) is 11.6 Å². The molecule has 0 aromatic heterocycles. The van der Waals surface area contributed by atoms with Crippen LogP contribution in [0.5, 0.6) is 0 Å². The second-order valence-electron chi connectivity index (χ2n) is 7.52. The lowest BCUT2D eigenvalue weighted by molar-refractivity contribution is -0.385. The highest BCUT2D eigenvalue weighted by atomic mass is 16.6. The van der Waals surface area contributed by atoms with Crippen molar-refractivity contribution in [1.29, 1.82) is 0 Å². The summed E-state index contributed by atoms with van der Waals surface area (Å²) >= 11 is 0. The summed E-state index contributed by atoms with van der Waals surface area (Å²) in [5, 5.41) is 14.0. The molecular weight excluding hydrogens is 394 g/mol. The number of nitro benzene ring substituents is 1. The summed E-state index contributed by atoms with van der Waals surface area (Å²) < 4.78 is 0. The summed E-state index contributed by atoms with van der Waals surface area (Å²) in [5.74, 6) is -0.351. The van der Waals surface area contributed by atoms with Crippen LogP contribution in [0, 0.1) is 17.0 Å². The molecule has 0 unspecified atom stereocenters. The molecule has 7 nitrogen and oxygen atoms in total. The molecule has 0 radical (unpaired) electrons. The van der Waals surface area contributed by atoms with Gasteiger partial charge in [0, 0.05) is 35.0 Å². The van der Waals surface area contributed by atoms with Crippen LogP contribution in [-0.4, -0.2) is 16.7 Å². The van der Waals surface area contributed by atoms with Crippen molar-refractivity contribution in [3.63, 3.8) is 0 Å². The maximum absolute atomic E-state index is 12.6. The van der Waals surface area contributed by atoms with E-state index in [1.54, 1.807) is 30.0 Å². The van der Waals surface area contributed by atoms with E-state index < -0.39 is 10.8 Å². The first-order valence-corrected chi connectivity index (χ1v) is 9.96. The first-order valence-electron chi connectivity index (χ1n) is 9.96. The lowest BCUT2D eigenvalue weighted by atomic mass is 9.99. The van der Waals surface area contributed by atoms with Gasteiger partial charge in [0.05, 0.1) is 11.5 Å². The number of carbonyl (C=O) groups excluding carboxylic acids is 2. The number of amides is 2. The lowest BCUT2D eigenvalue weighted by Gasteiger charge is -2.30. The van der Waals surface area contributed by atoms with E-state index in [2.05, 4.69) is 5.32 Å². The van der Waals surface area contributed by atoms with Crippen LogP contribution < -0.4 is 10.2 Å². The minimum atomic E-state index is -0.497. The molecule has 0 spiro atoms. The second-order valence-corrected chi connectivity index (χ2v) is 7.52. The van der Waals surface area contributed by atoms with Crippen molar-refractivity contribution in [2.75, 3.05) is 10.2 Å². The van der Waals surface area contributed by atoms with E-state index in [0.717, 1.165) is 16.8 Å². The predicted octanol–water partition coefficient (Wildman–Crippen LogP) is 4.63. The zero-order valence-electron chi connectivity index (χ0n) is 17.0. The van der Waals surface area contributed by atoms with Crippen LogP contribution >= 0.6 is 0 Å². The minimum Gasteiger partial charge on any atom is -0.322 e. The number of anilines is 2. The Balaban J connectivity index is 1.56. The molecule has 1 aliphatic rings. The first-order chi connectivity index (χ1) is 14.9. The zero-order valence-corrected chi connectivity index (χ0v) is 17.0. The summed E-state index contributed by atoms with van der Waals surface area (Å²) in [4.78, 5) is 37.6. The minimum absolute atomic E-state index is 0.0695. The summed E-state index contributed by atoms with van der Waals surface area (Å²) in [7, 11) is 0. The first kappa shape index (κ1) is 20.3. The van der Waals surface area contributed by atoms with E-state index in [-0.39, 0.29) is 17.2 Å². The Morgan fingerprint density at radius 1 is 1.06 bits per heavy atom. The Kier molecular flexibility index (Phi) is 5.49. The standard InChI is InChI=1S/C24H21N3O4/c1-16-7-8-19(14-22(16)27(30)31)24(29)25-20-10-11-21-18(13-20)9-12-23(28)26(21)15-17-5-3-2-4-6-17/h2-8,10-11,13-14H,9,12,15H2,1H3,(H,25,29). The number of hydrogen-bond donors (Lipinski definition) is 1. The van der Waals surface area contributed by atoms with Gasteiger partial charge in [0.1, 0.15) is 0 Å². The molecule has 31 heavy (non-hydrogen) atoms. The highest BCUT2D eigenvalue weighted by Crippen LogP contribution is 2.32. The molecule has 156 valence electrons. The van der Waals surface area contributed by atoms with Crippen molar-refractivity contribution in [3.8, 4) is 0 Å². The molecule has 7 heteroatoms. The Hall–Kier alpha value is -4.00. The van der Waals surface area contributed by atoms with Crippen molar-refractivity contribution in [2.24, 2.45) is 0 Å². The average Bonchev–Trinajstić information content (AvgIpc) is 2.76. The molecule has 0 saturated carbocycles. The zero-order chi connectivity index (χ0) is 22.0. The number of benzene rings is 3. The molecule has 1 heterocycles. The maximum atomic E-state index is 12.6. The molecule has 1 N–H and O–H groups in total. The van der Waals surface area contributed by atoms with E-state index in [1.807, 2.05) is 42.5 Å². The van der Waals surface area contributed by atoms with Gasteiger partial charge in [-0.15, -0.1) is 0 Å². The van der Waals surface area contributed by atoms with E-state index in [4.69, 9.17) is 0 Å². The lowest BCUT2D eigenvalue weighted by Crippen LogP contribution is -2.34. The number of fused-ring (bicyclic) bond motifs is 1. The number of hydrogen-bond acceptors (Lipinski definition) is 4. The largest absolute Gasteiger partial charge is 0.322 e. The Morgan fingerprint density at radius 2 is 1.84 bits per heavy atom. The molecule has 1 aliphatic heterocycles. The molecule has 3 aromatic carbocycles. The van der Waals surface area contributed by atoms with E-state index in [9.17, 15) is 19.7 Å². The van der Waals surface area contributed by atoms with Gasteiger partial charge in [-0.05, 0) is 48.7 Å². The molecule has 0 aliphatic carbocycles. The third kappa shape index (κ3) is 4.30. The molecule has 0 saturated heterocycles. The fraction of sp³-hybridized carbons (Fsp3) is 0.167. The van der Waals surface area contributed by atoms with Crippen LogP contribution in [0.3, 0.4) is 0 Å². The van der Waals surface area contributed by atoms with Crippen LogP contribution in [0.25, 0.3) is 0 Å². The summed E-state index contributed by atoms with van der Waals surface area (Å²) in [5.41, 5.74) is 4.07. The highest BCUT2D eigenvalue weighted by molar-refractivity contribution is 6.05. The number of nitro groups is 1. The Morgan fingerprint density at radius 3 is 2.58 bits per heavy atom. The van der Waals surface area contributed by atoms with Crippen LogP contribution in [0.2, 0.25) is 0 Å². The summed E-state index contributed by atoms with van der Waals surface area (Å²) in [6, 6.07) is 19.6. The van der Waals surface area contributed by atoms with Gasteiger partial charge in [-0.1, -0.05) is 36.4 Å². The van der Waals surface area contributed by atoms with Gasteiger partial charge in [-0.3, -0.25) is 19.7 Å². The smallest absolute Gasteiger partial charge is 0.273 e. The van der Waals surface area contributed by atoms with E-state index >= 15 is 0 Å². The number of rotatable bonds is 5. The van der Waals surface area contributed by atoms with Gasteiger partial charge in [-0.25, -0.2) is 0 Å². The van der Waals surface area contributed by atoms with E-state index in [1.165, 1.54) is 6.07 Å². The molecule has 4 rings (SSSR count). The van der Waals surface area contributed by atoms with Gasteiger partial charge >= 0.3 is 0 Å². The normalized spacial score (nSPS) is 12.9. The summed E-state index contributed by atoms with van der Waals surface area (Å²) in [6.07, 6.45) is 1.00. The van der Waals surface area contributed by atoms with Crippen molar-refractivity contribution in [2.45, 2.75) is 26.3 Å². The van der Waals surface area contributed by atoms with Crippen LogP contribution in [-0.2, 0) is 17.8 Å². The Bertz CT molecular complexity index is 1170. The average molecular weight is 415 g/mol. The van der Waals surface area contributed by atoms with Crippen LogP contribution in [0.4, 0.5) is 17.1 Å². The number of nitrogens with one attached hydrogen (secondary N) is 1. The molecule has 2 amide bonds. The number of aryl methyl sites for hydroxylation is 2. The molecule has 3 aromatic rings. The predicted molar refractivity (Wildman–Crippen MR) is 118 cm³/mol. The van der Waals surface area contributed by atoms with Crippen LogP contribution in [0.1, 0.15) is 33.5 Å². The summed E-state index contributed by atoms with van der Waals surface area (Å²) in [6.45, 7) is 2.12. The highest BCUT2D eigenvalue weighted by Gasteiger charge is 2.25. The Labute approximate surface area is 179 Å². The van der Waals surface area contributed by atoms with Gasteiger partial charge in [0.15, 0.2) is 0 Å². The molecule has 0 fully saturated rings. The molecule has 0 atom stereocenters. The second kappa shape index (κ2) is 8.39. The number of nitrogens with zero attached hydrogens (tertiary/aromatic N) is 2. The number of carbonyl (C=O) groups is 2. The monoisotopic (exact) mass is 415 g/mol. The quantitative estimate of drug-likeness (QED) is 0.485. The fourth-order valence-electron chi connectivity index (χ4n) is 3.73. The fourth-order valence-corrected chi connectivity index (χ4v) is 3.73. The third-order valence-electron chi connectivity index (χ3n) is 5.39. The van der Waals surface area contributed by atoms with Gasteiger partial charge in [-0.2, -0.15) is 0 Å². The van der Waals surface area contributed by atoms with Gasteiger partial charge in [0.2, 0.25) is 5.91 Å². The maximum Gasteiger partial charge on any atom is 0.273 e. The van der Waals surface area contributed by atoms with Crippen molar-refractivity contribution in [3.05, 3.63) is 99.1 Å². The molecular formula is C24H21N3O4.